The fourth-order valence-corrected chi connectivity index (χ4v) is 1.99. The first kappa shape index (κ1) is 16.2. The lowest BCUT2D eigenvalue weighted by Crippen LogP contribution is -2.38. The standard InChI is InChI=1S/C17H16N4O2/c1-21(11-8-13-6-9-19-10-7-13)17(23)16(22)20-15-5-3-2-4-14(15)12-18/h2-7,9-10H,8,11H2,1H3,(H,20,22). The van der Waals surface area contributed by atoms with Crippen LogP contribution in [0.1, 0.15) is 11.1 Å². The van der Waals surface area contributed by atoms with E-state index < -0.39 is 11.8 Å². The summed E-state index contributed by atoms with van der Waals surface area (Å²) in [4.78, 5) is 29.4. The topological polar surface area (TPSA) is 86.1 Å². The van der Waals surface area contributed by atoms with Crippen LogP contribution >= 0.6 is 0 Å². The van der Waals surface area contributed by atoms with E-state index in [0.29, 0.717) is 24.2 Å². The van der Waals surface area contributed by atoms with Crippen molar-refractivity contribution in [3.63, 3.8) is 0 Å². The highest BCUT2D eigenvalue weighted by Crippen LogP contribution is 2.13. The zero-order valence-electron chi connectivity index (χ0n) is 12.7. The van der Waals surface area contributed by atoms with Crippen LogP contribution in [0.5, 0.6) is 0 Å². The van der Waals surface area contributed by atoms with Crippen molar-refractivity contribution in [2.45, 2.75) is 6.42 Å². The molecule has 6 nitrogen and oxygen atoms in total. The summed E-state index contributed by atoms with van der Waals surface area (Å²) in [6, 6.07) is 12.2. The number of anilines is 1. The number of likely N-dealkylation sites (N-methyl/N-ethyl adjacent to an activating group) is 1. The number of carbonyl (C=O) groups excluding carboxylic acids is 2. The molecular formula is C17H16N4O2. The van der Waals surface area contributed by atoms with Gasteiger partial charge in [-0.05, 0) is 36.2 Å². The summed E-state index contributed by atoms with van der Waals surface area (Å²) in [5.74, 6) is -1.41. The largest absolute Gasteiger partial charge is 0.337 e. The van der Waals surface area contributed by atoms with Crippen molar-refractivity contribution in [3.8, 4) is 6.07 Å². The second-order valence-corrected chi connectivity index (χ2v) is 4.94. The maximum atomic E-state index is 12.1. The lowest BCUT2D eigenvalue weighted by atomic mass is 10.2. The van der Waals surface area contributed by atoms with Crippen molar-refractivity contribution >= 4 is 17.5 Å². The van der Waals surface area contributed by atoms with E-state index in [1.807, 2.05) is 18.2 Å². The number of hydrogen-bond acceptors (Lipinski definition) is 4. The molecule has 0 radical (unpaired) electrons. The van der Waals surface area contributed by atoms with Crippen LogP contribution in [0, 0.1) is 11.3 Å². The molecule has 0 aliphatic carbocycles. The highest BCUT2D eigenvalue weighted by molar-refractivity contribution is 6.39. The number of nitriles is 1. The molecule has 2 rings (SSSR count). The first-order valence-corrected chi connectivity index (χ1v) is 7.06. The predicted octanol–water partition coefficient (Wildman–Crippen LogP) is 1.59. The summed E-state index contributed by atoms with van der Waals surface area (Å²) in [7, 11) is 1.57. The molecule has 0 fully saturated rings. The third kappa shape index (κ3) is 4.38. The van der Waals surface area contributed by atoms with Crippen LogP contribution in [0.15, 0.2) is 48.8 Å². The van der Waals surface area contributed by atoms with Gasteiger partial charge in [0.25, 0.3) is 0 Å². The van der Waals surface area contributed by atoms with E-state index >= 15 is 0 Å². The number of pyridine rings is 1. The molecule has 0 atom stereocenters. The van der Waals surface area contributed by atoms with Gasteiger partial charge in [-0.15, -0.1) is 0 Å². The summed E-state index contributed by atoms with van der Waals surface area (Å²) in [6.45, 7) is 0.413. The maximum Gasteiger partial charge on any atom is 0.313 e. The maximum absolute atomic E-state index is 12.1. The van der Waals surface area contributed by atoms with Crippen molar-refractivity contribution in [1.29, 1.82) is 5.26 Å². The molecule has 0 aliphatic heterocycles. The van der Waals surface area contributed by atoms with Crippen LogP contribution < -0.4 is 5.32 Å². The van der Waals surface area contributed by atoms with Gasteiger partial charge in [0.1, 0.15) is 6.07 Å². The van der Waals surface area contributed by atoms with Gasteiger partial charge in [0, 0.05) is 26.0 Å². The molecule has 1 heterocycles. The molecule has 0 saturated carbocycles. The number of aromatic nitrogens is 1. The molecule has 1 aromatic carbocycles. The van der Waals surface area contributed by atoms with Gasteiger partial charge in [0.2, 0.25) is 0 Å². The lowest BCUT2D eigenvalue weighted by molar-refractivity contribution is -0.142. The third-order valence-electron chi connectivity index (χ3n) is 3.32. The Balaban J connectivity index is 1.94. The molecule has 0 spiro atoms. The van der Waals surface area contributed by atoms with Gasteiger partial charge in [-0.25, -0.2) is 0 Å². The van der Waals surface area contributed by atoms with Crippen LogP contribution in [-0.2, 0) is 16.0 Å². The fraction of sp³-hybridized carbons (Fsp3) is 0.176. The van der Waals surface area contributed by atoms with Gasteiger partial charge in [-0.1, -0.05) is 12.1 Å². The minimum absolute atomic E-state index is 0.313. The number of hydrogen-bond donors (Lipinski definition) is 1. The van der Waals surface area contributed by atoms with E-state index in [9.17, 15) is 9.59 Å². The van der Waals surface area contributed by atoms with Crippen LogP contribution in [0.4, 0.5) is 5.69 Å². The number of amides is 2. The smallest absolute Gasteiger partial charge is 0.313 e. The second-order valence-electron chi connectivity index (χ2n) is 4.94. The summed E-state index contributed by atoms with van der Waals surface area (Å²) < 4.78 is 0. The number of rotatable bonds is 4. The first-order chi connectivity index (χ1) is 11.1. The molecule has 0 bridgehead atoms. The van der Waals surface area contributed by atoms with Crippen LogP contribution in [-0.4, -0.2) is 35.3 Å². The van der Waals surface area contributed by atoms with Crippen molar-refractivity contribution in [1.82, 2.24) is 9.88 Å². The highest BCUT2D eigenvalue weighted by atomic mass is 16.2. The number of nitrogens with one attached hydrogen (secondary N) is 1. The predicted molar refractivity (Wildman–Crippen MR) is 85.4 cm³/mol. The van der Waals surface area contributed by atoms with E-state index in [1.54, 1.807) is 43.7 Å². The Labute approximate surface area is 134 Å². The molecule has 0 aliphatic rings. The Kier molecular flexibility index (Phi) is 5.42. The van der Waals surface area contributed by atoms with Crippen molar-refractivity contribution < 1.29 is 9.59 Å². The number of benzene rings is 1. The van der Waals surface area contributed by atoms with Crippen molar-refractivity contribution in [2.24, 2.45) is 0 Å². The molecule has 6 heteroatoms. The molecule has 2 amide bonds. The molecule has 1 aromatic heterocycles. The van der Waals surface area contributed by atoms with E-state index in [1.165, 1.54) is 4.90 Å². The van der Waals surface area contributed by atoms with Gasteiger partial charge in [0.15, 0.2) is 0 Å². The highest BCUT2D eigenvalue weighted by Gasteiger charge is 2.19. The normalized spacial score (nSPS) is 9.74. The van der Waals surface area contributed by atoms with Crippen molar-refractivity contribution in [3.05, 3.63) is 59.9 Å². The minimum atomic E-state index is -0.759. The van der Waals surface area contributed by atoms with Gasteiger partial charge >= 0.3 is 11.8 Å². The van der Waals surface area contributed by atoms with Gasteiger partial charge < -0.3 is 10.2 Å². The summed E-state index contributed by atoms with van der Waals surface area (Å²) in [5.41, 5.74) is 1.68. The molecule has 1 N–H and O–H groups in total. The van der Waals surface area contributed by atoms with Gasteiger partial charge in [-0.3, -0.25) is 14.6 Å². The number of para-hydroxylation sites is 1. The Hall–Kier alpha value is -3.20. The number of carbonyl (C=O) groups is 2. The quantitative estimate of drug-likeness (QED) is 0.869. The van der Waals surface area contributed by atoms with Crippen LogP contribution in [0.3, 0.4) is 0 Å². The zero-order valence-corrected chi connectivity index (χ0v) is 12.7. The SMILES string of the molecule is CN(CCc1ccncc1)C(=O)C(=O)Nc1ccccc1C#N. The fourth-order valence-electron chi connectivity index (χ4n) is 1.99. The van der Waals surface area contributed by atoms with E-state index in [2.05, 4.69) is 10.3 Å². The molecule has 2 aromatic rings. The van der Waals surface area contributed by atoms with E-state index in [-0.39, 0.29) is 0 Å². The summed E-state index contributed by atoms with van der Waals surface area (Å²) in [5, 5.41) is 11.5. The lowest BCUT2D eigenvalue weighted by Gasteiger charge is -2.16. The Bertz CT molecular complexity index is 738. The summed E-state index contributed by atoms with van der Waals surface area (Å²) >= 11 is 0. The third-order valence-corrected chi connectivity index (χ3v) is 3.32. The molecule has 23 heavy (non-hydrogen) atoms. The van der Waals surface area contributed by atoms with Crippen LogP contribution in [0.25, 0.3) is 0 Å². The molecule has 116 valence electrons. The van der Waals surface area contributed by atoms with Crippen LogP contribution in [0.2, 0.25) is 0 Å². The number of nitrogens with zero attached hydrogens (tertiary/aromatic N) is 3. The van der Waals surface area contributed by atoms with Gasteiger partial charge in [-0.2, -0.15) is 5.26 Å². The average Bonchev–Trinajstić information content (AvgIpc) is 2.60. The Morgan fingerprint density at radius 2 is 1.91 bits per heavy atom. The zero-order chi connectivity index (χ0) is 16.7. The molecule has 0 unspecified atom stereocenters. The van der Waals surface area contributed by atoms with Gasteiger partial charge in [0.05, 0.1) is 11.3 Å². The van der Waals surface area contributed by atoms with Crippen molar-refractivity contribution in [2.75, 3.05) is 18.9 Å². The Morgan fingerprint density at radius 1 is 1.22 bits per heavy atom. The van der Waals surface area contributed by atoms with E-state index in [0.717, 1.165) is 5.56 Å². The molecular weight excluding hydrogens is 292 g/mol. The van der Waals surface area contributed by atoms with E-state index in [4.69, 9.17) is 5.26 Å². The molecule has 0 saturated heterocycles. The Morgan fingerprint density at radius 3 is 2.61 bits per heavy atom. The average molecular weight is 308 g/mol. The monoisotopic (exact) mass is 308 g/mol. The summed E-state index contributed by atoms with van der Waals surface area (Å²) in [6.07, 6.45) is 4.00. The minimum Gasteiger partial charge on any atom is -0.337 e. The first-order valence-electron chi connectivity index (χ1n) is 7.06. The second kappa shape index (κ2) is 7.71.